The molecule has 154 valence electrons. The number of methoxy groups -OCH3 is 1. The van der Waals surface area contributed by atoms with Crippen LogP contribution in [0.15, 0.2) is 109 Å². The number of ether oxygens (including phenoxy) is 2. The maximum Gasteiger partial charge on any atom is 0.178 e. The number of fused-ring (bicyclic) bond motifs is 4. The minimum atomic E-state index is -0.704. The van der Waals surface area contributed by atoms with Crippen molar-refractivity contribution in [1.29, 1.82) is 0 Å². The Morgan fingerprint density at radius 1 is 0.656 bits per heavy atom. The predicted octanol–water partition coefficient (Wildman–Crippen LogP) is 7.35. The largest absolute Gasteiger partial charge is 0.497 e. The fraction of sp³-hybridized carbons (Fsp3) is 0.0667. The van der Waals surface area contributed by atoms with Crippen molar-refractivity contribution < 1.29 is 9.47 Å². The molecule has 0 amide bonds. The summed E-state index contributed by atoms with van der Waals surface area (Å²) in [6.07, 6.45) is 4.39. The lowest BCUT2D eigenvalue weighted by atomic mass is 9.82. The lowest BCUT2D eigenvalue weighted by Crippen LogP contribution is -2.34. The van der Waals surface area contributed by atoms with Crippen LogP contribution < -0.4 is 9.47 Å². The van der Waals surface area contributed by atoms with Gasteiger partial charge in [0.1, 0.15) is 11.5 Å². The summed E-state index contributed by atoms with van der Waals surface area (Å²) in [4.78, 5) is 0. The van der Waals surface area contributed by atoms with Gasteiger partial charge in [-0.3, -0.25) is 0 Å². The van der Waals surface area contributed by atoms with Crippen molar-refractivity contribution in [1.82, 2.24) is 0 Å². The standard InChI is InChI=1S/C30H22O2/c1-31-26-15-12-22-13-16-29-27(28(22)20-26)17-18-30(32-29,24-9-3-2-4-10-24)25-14-11-21-7-5-6-8-23(21)19-25/h2-20H,1H3. The second-order valence-corrected chi connectivity index (χ2v) is 8.16. The highest BCUT2D eigenvalue weighted by atomic mass is 16.5. The molecule has 0 saturated heterocycles. The molecule has 0 saturated carbocycles. The van der Waals surface area contributed by atoms with Crippen LogP contribution in [0.2, 0.25) is 0 Å². The first kappa shape index (κ1) is 18.7. The van der Waals surface area contributed by atoms with E-state index in [2.05, 4.69) is 103 Å². The van der Waals surface area contributed by atoms with Crippen molar-refractivity contribution in [3.63, 3.8) is 0 Å². The molecule has 5 aromatic rings. The van der Waals surface area contributed by atoms with Crippen LogP contribution in [0.3, 0.4) is 0 Å². The van der Waals surface area contributed by atoms with Crippen molar-refractivity contribution in [2.45, 2.75) is 5.60 Å². The van der Waals surface area contributed by atoms with E-state index in [0.29, 0.717) is 0 Å². The van der Waals surface area contributed by atoms with Crippen molar-refractivity contribution in [2.75, 3.05) is 7.11 Å². The summed E-state index contributed by atoms with van der Waals surface area (Å²) in [7, 11) is 1.70. The summed E-state index contributed by atoms with van der Waals surface area (Å²) in [6.45, 7) is 0. The lowest BCUT2D eigenvalue weighted by molar-refractivity contribution is 0.161. The molecule has 0 spiro atoms. The van der Waals surface area contributed by atoms with E-state index in [9.17, 15) is 0 Å². The van der Waals surface area contributed by atoms with E-state index in [0.717, 1.165) is 39.0 Å². The zero-order valence-corrected chi connectivity index (χ0v) is 17.8. The molecule has 2 nitrogen and oxygen atoms in total. The summed E-state index contributed by atoms with van der Waals surface area (Å²) in [5, 5.41) is 4.71. The normalized spacial score (nSPS) is 17.2. The maximum atomic E-state index is 6.89. The molecule has 0 N–H and O–H groups in total. The van der Waals surface area contributed by atoms with Gasteiger partial charge >= 0.3 is 0 Å². The van der Waals surface area contributed by atoms with Gasteiger partial charge in [0, 0.05) is 16.7 Å². The van der Waals surface area contributed by atoms with Crippen molar-refractivity contribution in [2.24, 2.45) is 0 Å². The molecule has 1 aliphatic heterocycles. The molecule has 5 aromatic carbocycles. The Labute approximate surface area is 187 Å². The topological polar surface area (TPSA) is 18.5 Å². The van der Waals surface area contributed by atoms with Gasteiger partial charge in [-0.05, 0) is 58.0 Å². The second kappa shape index (κ2) is 7.28. The van der Waals surface area contributed by atoms with E-state index in [4.69, 9.17) is 9.47 Å². The molecule has 0 bridgehead atoms. The Kier molecular flexibility index (Phi) is 4.26. The van der Waals surface area contributed by atoms with Crippen LogP contribution in [0, 0.1) is 0 Å². The predicted molar refractivity (Wildman–Crippen MR) is 131 cm³/mol. The highest BCUT2D eigenvalue weighted by Gasteiger charge is 2.37. The molecule has 0 aliphatic carbocycles. The Hall–Kier alpha value is -4.04. The van der Waals surface area contributed by atoms with E-state index in [1.54, 1.807) is 7.11 Å². The van der Waals surface area contributed by atoms with Gasteiger partial charge in [-0.2, -0.15) is 0 Å². The molecule has 2 heteroatoms. The van der Waals surface area contributed by atoms with Crippen LogP contribution in [-0.4, -0.2) is 7.11 Å². The lowest BCUT2D eigenvalue weighted by Gasteiger charge is -2.36. The van der Waals surface area contributed by atoms with Crippen LogP contribution in [0.4, 0.5) is 0 Å². The quantitative estimate of drug-likeness (QED) is 0.307. The van der Waals surface area contributed by atoms with Gasteiger partial charge in [0.25, 0.3) is 0 Å². The summed E-state index contributed by atoms with van der Waals surface area (Å²) >= 11 is 0. The Balaban J connectivity index is 1.58. The van der Waals surface area contributed by atoms with Crippen molar-refractivity contribution in [3.05, 3.63) is 126 Å². The number of rotatable bonds is 3. The molecular formula is C30H22O2. The average Bonchev–Trinajstić information content (AvgIpc) is 2.88. The molecule has 6 rings (SSSR count). The average molecular weight is 415 g/mol. The van der Waals surface area contributed by atoms with Crippen LogP contribution in [-0.2, 0) is 5.60 Å². The minimum absolute atomic E-state index is 0.704. The molecule has 1 atom stereocenters. The Morgan fingerprint density at radius 2 is 1.41 bits per heavy atom. The first-order valence-electron chi connectivity index (χ1n) is 10.8. The van der Waals surface area contributed by atoms with Crippen LogP contribution in [0.5, 0.6) is 11.5 Å². The molecule has 32 heavy (non-hydrogen) atoms. The van der Waals surface area contributed by atoms with Gasteiger partial charge < -0.3 is 9.47 Å². The van der Waals surface area contributed by atoms with E-state index in [1.165, 1.54) is 10.8 Å². The second-order valence-electron chi connectivity index (χ2n) is 8.16. The zero-order chi connectivity index (χ0) is 21.5. The highest BCUT2D eigenvalue weighted by molar-refractivity contribution is 5.95. The van der Waals surface area contributed by atoms with Crippen molar-refractivity contribution in [3.8, 4) is 11.5 Å². The van der Waals surface area contributed by atoms with Gasteiger partial charge in [-0.1, -0.05) is 78.9 Å². The summed E-state index contributed by atoms with van der Waals surface area (Å²) in [5.74, 6) is 1.71. The van der Waals surface area contributed by atoms with E-state index in [-0.39, 0.29) is 0 Å². The monoisotopic (exact) mass is 414 g/mol. The number of hydrogen-bond donors (Lipinski definition) is 0. The number of hydrogen-bond acceptors (Lipinski definition) is 2. The molecule has 0 aromatic heterocycles. The van der Waals surface area contributed by atoms with Gasteiger partial charge in [0.2, 0.25) is 0 Å². The first-order valence-corrected chi connectivity index (χ1v) is 10.8. The van der Waals surface area contributed by atoms with Gasteiger partial charge in [-0.15, -0.1) is 0 Å². The third-order valence-electron chi connectivity index (χ3n) is 6.37. The number of benzene rings is 5. The van der Waals surface area contributed by atoms with E-state index < -0.39 is 5.60 Å². The van der Waals surface area contributed by atoms with E-state index in [1.807, 2.05) is 12.1 Å². The highest BCUT2D eigenvalue weighted by Crippen LogP contribution is 2.45. The van der Waals surface area contributed by atoms with Crippen LogP contribution >= 0.6 is 0 Å². The Bertz CT molecular complexity index is 1480. The molecule has 1 unspecified atom stereocenters. The van der Waals surface area contributed by atoms with Crippen molar-refractivity contribution >= 4 is 27.6 Å². The van der Waals surface area contributed by atoms with Gasteiger partial charge in [0.05, 0.1) is 7.11 Å². The SMILES string of the molecule is COc1ccc2ccc3c(c2c1)C=CC(c1ccccc1)(c1ccc2ccccc2c1)O3. The molecule has 1 heterocycles. The Morgan fingerprint density at radius 3 is 2.25 bits per heavy atom. The fourth-order valence-electron chi connectivity index (χ4n) is 4.68. The molecular weight excluding hydrogens is 392 g/mol. The third-order valence-corrected chi connectivity index (χ3v) is 6.37. The zero-order valence-electron chi connectivity index (χ0n) is 17.8. The third kappa shape index (κ3) is 2.88. The molecule has 0 radical (unpaired) electrons. The molecule has 0 fully saturated rings. The van der Waals surface area contributed by atoms with Crippen LogP contribution in [0.1, 0.15) is 16.7 Å². The van der Waals surface area contributed by atoms with Gasteiger partial charge in [0.15, 0.2) is 5.60 Å². The fourth-order valence-corrected chi connectivity index (χ4v) is 4.68. The van der Waals surface area contributed by atoms with Gasteiger partial charge in [-0.25, -0.2) is 0 Å². The summed E-state index contributed by atoms with van der Waals surface area (Å²) in [5.41, 5.74) is 2.58. The van der Waals surface area contributed by atoms with E-state index >= 15 is 0 Å². The molecule has 1 aliphatic rings. The summed E-state index contributed by atoms with van der Waals surface area (Å²) < 4.78 is 12.4. The smallest absolute Gasteiger partial charge is 0.178 e. The minimum Gasteiger partial charge on any atom is -0.497 e. The maximum absolute atomic E-state index is 6.89. The van der Waals surface area contributed by atoms with Crippen LogP contribution in [0.25, 0.3) is 27.6 Å². The first-order chi connectivity index (χ1) is 15.8. The summed E-state index contributed by atoms with van der Waals surface area (Å²) in [6, 6.07) is 35.8.